The Kier molecular flexibility index (Phi) is 43.0. The summed E-state index contributed by atoms with van der Waals surface area (Å²) in [6.45, 7) is 4.06. The Hall–Kier alpha value is -2.40. The van der Waals surface area contributed by atoms with Crippen molar-refractivity contribution in [2.45, 2.75) is 225 Å². The Morgan fingerprint density at radius 3 is 1.19 bits per heavy atom. The van der Waals surface area contributed by atoms with E-state index in [2.05, 4.69) is 62.5 Å². The molecule has 5 nitrogen and oxygen atoms in total. The number of hydrogen-bond acceptors (Lipinski definition) is 5. The summed E-state index contributed by atoms with van der Waals surface area (Å²) >= 11 is 0. The maximum Gasteiger partial charge on any atom is 0.306 e. The minimum atomic E-state index is -0.802. The van der Waals surface area contributed by atoms with Crippen LogP contribution in [0.4, 0.5) is 0 Å². The number of ether oxygens (including phenoxy) is 2. The maximum absolute atomic E-state index is 12.2. The molecule has 0 aromatic rings. The van der Waals surface area contributed by atoms with Gasteiger partial charge in [0.25, 0.3) is 0 Å². The summed E-state index contributed by atoms with van der Waals surface area (Å²) in [5.41, 5.74) is 0. The molecule has 0 spiro atoms. The average molecular weight is 755 g/mol. The first-order chi connectivity index (χ1) is 26.6. The van der Waals surface area contributed by atoms with Crippen LogP contribution in [0, 0.1) is 0 Å². The van der Waals surface area contributed by atoms with E-state index in [-0.39, 0.29) is 31.6 Å². The van der Waals surface area contributed by atoms with Gasteiger partial charge in [-0.15, -0.1) is 0 Å². The van der Waals surface area contributed by atoms with E-state index in [1.165, 1.54) is 141 Å². The van der Waals surface area contributed by atoms with Gasteiger partial charge >= 0.3 is 11.9 Å². The number of carbonyl (C=O) groups is 2. The first-order valence-corrected chi connectivity index (χ1v) is 22.8. The molecule has 5 heteroatoms. The van der Waals surface area contributed by atoms with Gasteiger partial charge in [0, 0.05) is 12.8 Å². The summed E-state index contributed by atoms with van der Waals surface area (Å²) in [6.07, 6.45) is 58.8. The highest BCUT2D eigenvalue weighted by Crippen LogP contribution is 2.15. The summed E-state index contributed by atoms with van der Waals surface area (Å²) in [7, 11) is 0. The predicted octanol–water partition coefficient (Wildman–Crippen LogP) is 14.7. The molecule has 0 saturated carbocycles. The molecule has 0 aromatic carbocycles. The lowest BCUT2D eigenvalue weighted by atomic mass is 10.0. The average Bonchev–Trinajstić information content (AvgIpc) is 3.17. The fraction of sp³-hybridized carbons (Fsp3) is 0.755. The fourth-order valence-corrected chi connectivity index (χ4v) is 6.36. The Bertz CT molecular complexity index is 946. The highest BCUT2D eigenvalue weighted by Gasteiger charge is 2.15. The van der Waals surface area contributed by atoms with Crippen molar-refractivity contribution >= 4 is 11.9 Å². The van der Waals surface area contributed by atoms with E-state index in [0.29, 0.717) is 12.8 Å². The molecule has 0 saturated heterocycles. The summed E-state index contributed by atoms with van der Waals surface area (Å²) < 4.78 is 10.6. The summed E-state index contributed by atoms with van der Waals surface area (Å²) in [5.74, 6) is -0.682. The van der Waals surface area contributed by atoms with Gasteiger partial charge in [-0.05, 0) is 51.4 Å². The Morgan fingerprint density at radius 1 is 0.426 bits per heavy atom. The zero-order valence-electron chi connectivity index (χ0n) is 35.5. The lowest BCUT2D eigenvalue weighted by Gasteiger charge is -2.15. The second-order valence-corrected chi connectivity index (χ2v) is 15.1. The van der Waals surface area contributed by atoms with Crippen molar-refractivity contribution < 1.29 is 24.2 Å². The van der Waals surface area contributed by atoms with E-state index in [1.54, 1.807) is 0 Å². The molecule has 54 heavy (non-hydrogen) atoms. The smallest absolute Gasteiger partial charge is 0.306 e. The van der Waals surface area contributed by atoms with Crippen molar-refractivity contribution in [3.8, 4) is 0 Å². The van der Waals surface area contributed by atoms with E-state index in [0.717, 1.165) is 44.9 Å². The Balaban J connectivity index is 3.61. The molecular formula is C49H86O5. The van der Waals surface area contributed by atoms with Gasteiger partial charge in [0.05, 0.1) is 6.61 Å². The van der Waals surface area contributed by atoms with Crippen LogP contribution in [-0.2, 0) is 19.1 Å². The van der Waals surface area contributed by atoms with Crippen LogP contribution in [-0.4, -0.2) is 36.4 Å². The third-order valence-electron chi connectivity index (χ3n) is 9.83. The van der Waals surface area contributed by atoms with Crippen molar-refractivity contribution in [1.82, 2.24) is 0 Å². The number of allylic oxidation sites excluding steroid dienone is 10. The van der Waals surface area contributed by atoms with E-state index >= 15 is 0 Å². The highest BCUT2D eigenvalue weighted by atomic mass is 16.6. The molecule has 0 fully saturated rings. The molecule has 0 unspecified atom stereocenters. The molecule has 0 bridgehead atoms. The zero-order chi connectivity index (χ0) is 39.3. The van der Waals surface area contributed by atoms with Gasteiger partial charge in [0.2, 0.25) is 0 Å². The monoisotopic (exact) mass is 755 g/mol. The lowest BCUT2D eigenvalue weighted by Crippen LogP contribution is -2.28. The van der Waals surface area contributed by atoms with Crippen LogP contribution in [0.1, 0.15) is 219 Å². The van der Waals surface area contributed by atoms with Crippen LogP contribution in [0.3, 0.4) is 0 Å². The molecule has 0 aromatic heterocycles. The van der Waals surface area contributed by atoms with E-state index < -0.39 is 6.10 Å². The largest absolute Gasteiger partial charge is 0.462 e. The molecule has 0 amide bonds. The molecule has 0 aliphatic rings. The number of aliphatic hydroxyl groups excluding tert-OH is 1. The van der Waals surface area contributed by atoms with Crippen molar-refractivity contribution in [3.05, 3.63) is 60.8 Å². The van der Waals surface area contributed by atoms with E-state index in [4.69, 9.17) is 9.47 Å². The molecule has 0 rings (SSSR count). The van der Waals surface area contributed by atoms with E-state index in [9.17, 15) is 14.7 Å². The van der Waals surface area contributed by atoms with E-state index in [1.807, 2.05) is 12.2 Å². The van der Waals surface area contributed by atoms with Gasteiger partial charge in [-0.2, -0.15) is 0 Å². The standard InChI is InChI=1S/C49H86O5/c1-3-5-7-9-11-13-15-17-19-21-23-24-26-28-30-32-34-36-38-40-42-44-49(52)54-47(45-50)46-53-48(51)43-41-39-37-35-33-31-29-27-25-22-20-18-16-14-12-10-8-6-4-2/h12,14,18,20,25,27,31,33,37,39,47,50H,3-11,13,15-17,19,21-24,26,28-30,32,34-36,38,40-46H2,1-2H3/t47-/m0/s1. The molecule has 1 atom stereocenters. The first kappa shape index (κ1) is 51.6. The van der Waals surface area contributed by atoms with Gasteiger partial charge in [0.1, 0.15) is 6.61 Å². The third kappa shape index (κ3) is 42.3. The normalized spacial score (nSPS) is 12.7. The highest BCUT2D eigenvalue weighted by molar-refractivity contribution is 5.70. The molecule has 0 radical (unpaired) electrons. The summed E-state index contributed by atoms with van der Waals surface area (Å²) in [4.78, 5) is 24.3. The Morgan fingerprint density at radius 2 is 0.778 bits per heavy atom. The van der Waals surface area contributed by atoms with Gasteiger partial charge in [-0.1, -0.05) is 216 Å². The number of esters is 2. The fourth-order valence-electron chi connectivity index (χ4n) is 6.36. The molecule has 312 valence electrons. The van der Waals surface area contributed by atoms with Crippen LogP contribution < -0.4 is 0 Å². The predicted molar refractivity (Wildman–Crippen MR) is 233 cm³/mol. The quantitative estimate of drug-likeness (QED) is 0.0382. The van der Waals surface area contributed by atoms with Crippen LogP contribution in [0.15, 0.2) is 60.8 Å². The van der Waals surface area contributed by atoms with Crippen LogP contribution in [0.2, 0.25) is 0 Å². The molecule has 0 aliphatic carbocycles. The van der Waals surface area contributed by atoms with Gasteiger partial charge in [-0.25, -0.2) is 0 Å². The minimum absolute atomic E-state index is 0.105. The van der Waals surface area contributed by atoms with Crippen molar-refractivity contribution in [2.24, 2.45) is 0 Å². The molecule has 0 aliphatic heterocycles. The van der Waals surface area contributed by atoms with Crippen LogP contribution in [0.5, 0.6) is 0 Å². The SMILES string of the molecule is CCCCCC=CCC=CCC=CCC=CCC=CCCC(=O)OC[C@H](CO)OC(=O)CCCCCCCCCCCCCCCCCCCCCCC. The number of aliphatic hydroxyl groups is 1. The zero-order valence-corrected chi connectivity index (χ0v) is 35.5. The summed E-state index contributed by atoms with van der Waals surface area (Å²) in [6, 6.07) is 0. The Labute approximate surface area is 334 Å². The van der Waals surface area contributed by atoms with Crippen molar-refractivity contribution in [1.29, 1.82) is 0 Å². The second kappa shape index (κ2) is 45.0. The van der Waals surface area contributed by atoms with Crippen molar-refractivity contribution in [2.75, 3.05) is 13.2 Å². The molecule has 0 heterocycles. The lowest BCUT2D eigenvalue weighted by molar-refractivity contribution is -0.161. The molecular weight excluding hydrogens is 669 g/mol. The minimum Gasteiger partial charge on any atom is -0.462 e. The van der Waals surface area contributed by atoms with Crippen LogP contribution in [0.25, 0.3) is 0 Å². The third-order valence-corrected chi connectivity index (χ3v) is 9.83. The summed E-state index contributed by atoms with van der Waals surface area (Å²) in [5, 5.41) is 9.58. The number of unbranched alkanes of at least 4 members (excludes halogenated alkanes) is 23. The number of hydrogen-bond donors (Lipinski definition) is 1. The topological polar surface area (TPSA) is 72.8 Å². The van der Waals surface area contributed by atoms with Crippen LogP contribution >= 0.6 is 0 Å². The molecule has 1 N–H and O–H groups in total. The van der Waals surface area contributed by atoms with Gasteiger partial charge < -0.3 is 14.6 Å². The second-order valence-electron chi connectivity index (χ2n) is 15.1. The van der Waals surface area contributed by atoms with Crippen molar-refractivity contribution in [3.63, 3.8) is 0 Å². The first-order valence-electron chi connectivity index (χ1n) is 22.8. The van der Waals surface area contributed by atoms with Gasteiger partial charge in [-0.3, -0.25) is 9.59 Å². The maximum atomic E-state index is 12.2. The number of rotatable bonds is 41. The van der Waals surface area contributed by atoms with Gasteiger partial charge in [0.15, 0.2) is 6.10 Å². The number of carbonyl (C=O) groups excluding carboxylic acids is 2.